The molecule has 0 aliphatic rings. The van der Waals surface area contributed by atoms with Gasteiger partial charge in [0, 0.05) is 10.9 Å². The van der Waals surface area contributed by atoms with Crippen LogP contribution in [0.1, 0.15) is 15.9 Å². The largest absolute Gasteiger partial charge is 0.478 e. The topological polar surface area (TPSA) is 74.6 Å². The molecule has 2 N–H and O–H groups in total. The number of rotatable bonds is 2. The number of carboxylic acid groups (broad SMARTS) is 1. The fourth-order valence-electron chi connectivity index (χ4n) is 1.68. The molecule has 1 atom stereocenters. The van der Waals surface area contributed by atoms with Crippen molar-refractivity contribution in [2.75, 3.05) is 0 Å². The van der Waals surface area contributed by atoms with Crippen LogP contribution in [0.2, 0.25) is 10.0 Å². The fraction of sp³-hybridized carbons (Fsp3) is 0. The van der Waals surface area contributed by atoms with Gasteiger partial charge in [0.2, 0.25) is 0 Å². The van der Waals surface area contributed by atoms with Gasteiger partial charge in [0.25, 0.3) is 0 Å². The van der Waals surface area contributed by atoms with Gasteiger partial charge in [-0.05, 0) is 29.9 Å². The van der Waals surface area contributed by atoms with Crippen molar-refractivity contribution in [3.05, 3.63) is 63.6 Å². The van der Waals surface area contributed by atoms with Crippen molar-refractivity contribution in [3.8, 4) is 11.6 Å². The molecule has 0 amide bonds. The van der Waals surface area contributed by atoms with E-state index < -0.39 is 13.3 Å². The monoisotopic (exact) mass is 354 g/mol. The smallest absolute Gasteiger partial charge is 0.338 e. The van der Waals surface area contributed by atoms with Crippen molar-refractivity contribution >= 4 is 41.8 Å². The number of halogens is 2. The Kier molecular flexibility index (Phi) is 4.95. The normalized spacial score (nSPS) is 12.9. The summed E-state index contributed by atoms with van der Waals surface area (Å²) < 4.78 is 12.2. The molecular formula is C15H9Cl2O4P. The van der Waals surface area contributed by atoms with Crippen LogP contribution in [0.15, 0.2) is 42.5 Å². The quantitative estimate of drug-likeness (QED) is 0.638. The van der Waals surface area contributed by atoms with Crippen molar-refractivity contribution < 1.29 is 19.4 Å². The van der Waals surface area contributed by atoms with Crippen molar-refractivity contribution in [1.29, 1.82) is 0 Å². The zero-order chi connectivity index (χ0) is 16.3. The van der Waals surface area contributed by atoms with Crippen LogP contribution in [-0.4, -0.2) is 16.0 Å². The average molecular weight is 355 g/mol. The summed E-state index contributed by atoms with van der Waals surface area (Å²) in [5.41, 5.74) is 2.31. The maximum absolute atomic E-state index is 12.2. The number of hydrogen-bond acceptors (Lipinski definition) is 2. The molecule has 22 heavy (non-hydrogen) atoms. The van der Waals surface area contributed by atoms with Gasteiger partial charge in [0.15, 0.2) is 0 Å². The highest BCUT2D eigenvalue weighted by molar-refractivity contribution is 7.71. The number of carbonyl (C=O) groups is 1. The molecule has 4 nitrogen and oxygen atoms in total. The summed E-state index contributed by atoms with van der Waals surface area (Å²) in [5.74, 6) is 1.25. The minimum Gasteiger partial charge on any atom is -0.478 e. The van der Waals surface area contributed by atoms with E-state index in [0.717, 1.165) is 0 Å². The summed E-state index contributed by atoms with van der Waals surface area (Å²) >= 11 is 11.7. The second-order valence-electron chi connectivity index (χ2n) is 4.27. The molecule has 2 aromatic carbocycles. The van der Waals surface area contributed by atoms with Crippen LogP contribution in [0.5, 0.6) is 0 Å². The second-order valence-corrected chi connectivity index (χ2v) is 6.97. The van der Waals surface area contributed by atoms with Gasteiger partial charge in [-0.2, -0.15) is 0 Å². The molecular weight excluding hydrogens is 346 g/mol. The highest BCUT2D eigenvalue weighted by Crippen LogP contribution is 2.37. The molecule has 2 aromatic rings. The van der Waals surface area contributed by atoms with Gasteiger partial charge in [0.1, 0.15) is 0 Å². The molecule has 0 spiro atoms. The third kappa shape index (κ3) is 3.71. The Labute approximate surface area is 136 Å². The maximum atomic E-state index is 12.2. The van der Waals surface area contributed by atoms with Crippen LogP contribution in [0, 0.1) is 11.6 Å². The molecule has 7 heteroatoms. The zero-order valence-electron chi connectivity index (χ0n) is 11.0. The van der Waals surface area contributed by atoms with E-state index in [1.165, 1.54) is 24.3 Å². The molecule has 0 heterocycles. The molecule has 0 aliphatic heterocycles. The minimum atomic E-state index is -3.84. The molecule has 0 fully saturated rings. The standard InChI is InChI=1S/C15H9Cl2O4P/c16-12-8-10(9-13(17)14(12)15(18)19)6-7-22(20,21)11-4-2-1-3-5-11/h1-5,8-9H,(H,18,19)(H,20,21). The van der Waals surface area contributed by atoms with Crippen LogP contribution in [0.4, 0.5) is 0 Å². The van der Waals surface area contributed by atoms with Crippen LogP contribution in [0.25, 0.3) is 0 Å². The molecule has 112 valence electrons. The predicted molar refractivity (Wildman–Crippen MR) is 86.2 cm³/mol. The van der Waals surface area contributed by atoms with Crippen molar-refractivity contribution in [1.82, 2.24) is 0 Å². The van der Waals surface area contributed by atoms with E-state index in [9.17, 15) is 14.3 Å². The number of aromatic carboxylic acids is 1. The van der Waals surface area contributed by atoms with E-state index in [4.69, 9.17) is 28.3 Å². The van der Waals surface area contributed by atoms with Gasteiger partial charge < -0.3 is 10.00 Å². The molecule has 0 saturated heterocycles. The lowest BCUT2D eigenvalue weighted by Crippen LogP contribution is -2.01. The van der Waals surface area contributed by atoms with Crippen LogP contribution >= 0.6 is 30.6 Å². The highest BCUT2D eigenvalue weighted by Gasteiger charge is 2.18. The summed E-state index contributed by atoms with van der Waals surface area (Å²) in [6.45, 7) is 0. The summed E-state index contributed by atoms with van der Waals surface area (Å²) in [5, 5.41) is 8.99. The predicted octanol–water partition coefficient (Wildman–Crippen LogP) is 3.60. The fourth-order valence-corrected chi connectivity index (χ4v) is 3.32. The first kappa shape index (κ1) is 16.6. The Morgan fingerprint density at radius 1 is 1.09 bits per heavy atom. The van der Waals surface area contributed by atoms with E-state index in [2.05, 4.69) is 11.6 Å². The average Bonchev–Trinajstić information content (AvgIpc) is 2.45. The Morgan fingerprint density at radius 2 is 1.64 bits per heavy atom. The SMILES string of the molecule is O=C(O)c1c(Cl)cc(C#CP(=O)(O)c2ccccc2)cc1Cl. The van der Waals surface area contributed by atoms with Gasteiger partial charge in [0.05, 0.1) is 15.6 Å². The lowest BCUT2D eigenvalue weighted by Gasteiger charge is -2.04. The van der Waals surface area contributed by atoms with E-state index in [1.807, 2.05) is 0 Å². The number of benzene rings is 2. The van der Waals surface area contributed by atoms with Gasteiger partial charge in [-0.3, -0.25) is 4.57 Å². The van der Waals surface area contributed by atoms with Crippen molar-refractivity contribution in [2.24, 2.45) is 0 Å². The second kappa shape index (κ2) is 6.56. The van der Waals surface area contributed by atoms with E-state index in [0.29, 0.717) is 0 Å². The Balaban J connectivity index is 2.41. The van der Waals surface area contributed by atoms with Gasteiger partial charge in [-0.1, -0.05) is 47.3 Å². The Bertz CT molecular complexity index is 815. The molecule has 0 aromatic heterocycles. The summed E-state index contributed by atoms with van der Waals surface area (Å²) in [6.07, 6.45) is 0. The van der Waals surface area contributed by atoms with Crippen molar-refractivity contribution in [3.63, 3.8) is 0 Å². The Hall–Kier alpha value is -1.76. The first-order valence-electron chi connectivity index (χ1n) is 5.95. The molecule has 0 aliphatic carbocycles. The molecule has 0 radical (unpaired) electrons. The van der Waals surface area contributed by atoms with E-state index in [1.54, 1.807) is 18.2 Å². The molecule has 0 saturated carbocycles. The lowest BCUT2D eigenvalue weighted by atomic mass is 10.1. The van der Waals surface area contributed by atoms with Crippen LogP contribution in [0.3, 0.4) is 0 Å². The van der Waals surface area contributed by atoms with E-state index in [-0.39, 0.29) is 26.5 Å². The zero-order valence-corrected chi connectivity index (χ0v) is 13.4. The van der Waals surface area contributed by atoms with Crippen molar-refractivity contribution in [2.45, 2.75) is 0 Å². The maximum Gasteiger partial charge on any atom is 0.338 e. The first-order chi connectivity index (χ1) is 10.3. The number of carboxylic acids is 1. The first-order valence-corrected chi connectivity index (χ1v) is 8.37. The van der Waals surface area contributed by atoms with Gasteiger partial charge in [-0.25, -0.2) is 4.79 Å². The third-order valence-electron chi connectivity index (χ3n) is 2.71. The van der Waals surface area contributed by atoms with Crippen LogP contribution in [-0.2, 0) is 4.57 Å². The minimum absolute atomic E-state index is 0.0863. The van der Waals surface area contributed by atoms with Gasteiger partial charge in [-0.15, -0.1) is 0 Å². The van der Waals surface area contributed by atoms with E-state index >= 15 is 0 Å². The lowest BCUT2D eigenvalue weighted by molar-refractivity contribution is 0.0697. The molecule has 2 rings (SSSR count). The summed E-state index contributed by atoms with van der Waals surface area (Å²) in [7, 11) is -3.84. The third-order valence-corrected chi connectivity index (χ3v) is 4.72. The summed E-state index contributed by atoms with van der Waals surface area (Å²) in [6, 6.07) is 10.6. The van der Waals surface area contributed by atoms with Crippen LogP contribution < -0.4 is 5.30 Å². The molecule has 1 unspecified atom stereocenters. The Morgan fingerprint density at radius 3 is 2.14 bits per heavy atom. The highest BCUT2D eigenvalue weighted by atomic mass is 35.5. The molecule has 0 bridgehead atoms. The summed E-state index contributed by atoms with van der Waals surface area (Å²) in [4.78, 5) is 20.9. The number of hydrogen-bond donors (Lipinski definition) is 2. The van der Waals surface area contributed by atoms with Gasteiger partial charge >= 0.3 is 13.3 Å².